The summed E-state index contributed by atoms with van der Waals surface area (Å²) >= 11 is 1.74. The fourth-order valence-corrected chi connectivity index (χ4v) is 4.01. The van der Waals surface area contributed by atoms with Crippen molar-refractivity contribution in [3.05, 3.63) is 58.4 Å². The Hall–Kier alpha value is -2.07. The SMILES string of the molecule is O=C(c1ccc2[nH]ccc2c1)N1CCCC1c1cccs1. The summed E-state index contributed by atoms with van der Waals surface area (Å²) in [5, 5.41) is 3.18. The molecule has 2 aromatic heterocycles. The van der Waals surface area contributed by atoms with Gasteiger partial charge in [0.1, 0.15) is 0 Å². The maximum Gasteiger partial charge on any atom is 0.254 e. The van der Waals surface area contributed by atoms with Gasteiger partial charge in [0.05, 0.1) is 6.04 Å². The predicted molar refractivity (Wildman–Crippen MR) is 85.6 cm³/mol. The molecule has 1 aliphatic heterocycles. The highest BCUT2D eigenvalue weighted by Crippen LogP contribution is 2.35. The predicted octanol–water partition coefficient (Wildman–Crippen LogP) is 4.21. The number of aromatic amines is 1. The van der Waals surface area contributed by atoms with Crippen molar-refractivity contribution in [2.75, 3.05) is 6.54 Å². The van der Waals surface area contributed by atoms with Crippen molar-refractivity contribution in [1.82, 2.24) is 9.88 Å². The van der Waals surface area contributed by atoms with Crippen molar-refractivity contribution in [2.24, 2.45) is 0 Å². The highest BCUT2D eigenvalue weighted by Gasteiger charge is 2.31. The second kappa shape index (κ2) is 5.04. The van der Waals surface area contributed by atoms with Crippen molar-refractivity contribution in [2.45, 2.75) is 18.9 Å². The first kappa shape index (κ1) is 12.7. The highest BCUT2D eigenvalue weighted by molar-refractivity contribution is 7.10. The summed E-state index contributed by atoms with van der Waals surface area (Å²) in [6.07, 6.45) is 4.06. The lowest BCUT2D eigenvalue weighted by Gasteiger charge is -2.24. The fraction of sp³-hybridized carbons (Fsp3) is 0.235. The highest BCUT2D eigenvalue weighted by atomic mass is 32.1. The minimum atomic E-state index is 0.147. The number of hydrogen-bond acceptors (Lipinski definition) is 2. The van der Waals surface area contributed by atoms with Crippen LogP contribution >= 0.6 is 11.3 Å². The van der Waals surface area contributed by atoms with E-state index in [4.69, 9.17) is 0 Å². The maximum atomic E-state index is 12.8. The maximum absolute atomic E-state index is 12.8. The number of likely N-dealkylation sites (tertiary alicyclic amines) is 1. The molecule has 4 rings (SSSR count). The van der Waals surface area contributed by atoms with Gasteiger partial charge in [0.25, 0.3) is 5.91 Å². The van der Waals surface area contributed by atoms with E-state index in [9.17, 15) is 4.79 Å². The van der Waals surface area contributed by atoms with E-state index < -0.39 is 0 Å². The third kappa shape index (κ3) is 2.16. The number of thiophene rings is 1. The number of fused-ring (bicyclic) bond motifs is 1. The molecular formula is C17H16N2OS. The van der Waals surface area contributed by atoms with Crippen molar-refractivity contribution < 1.29 is 4.79 Å². The molecule has 0 saturated carbocycles. The van der Waals surface area contributed by atoms with Gasteiger partial charge in [-0.3, -0.25) is 4.79 Å². The fourth-order valence-electron chi connectivity index (χ4n) is 3.14. The van der Waals surface area contributed by atoms with Gasteiger partial charge < -0.3 is 9.88 Å². The second-order valence-corrected chi connectivity index (χ2v) is 6.43. The van der Waals surface area contributed by atoms with Gasteiger partial charge in [-0.25, -0.2) is 0 Å². The molecule has 1 unspecified atom stereocenters. The molecule has 0 bridgehead atoms. The van der Waals surface area contributed by atoms with Gasteiger partial charge in [0.15, 0.2) is 0 Å². The number of rotatable bonds is 2. The molecule has 1 fully saturated rings. The Morgan fingerprint density at radius 2 is 2.24 bits per heavy atom. The quantitative estimate of drug-likeness (QED) is 0.755. The molecule has 1 N–H and O–H groups in total. The number of nitrogens with zero attached hydrogens (tertiary/aromatic N) is 1. The zero-order valence-electron chi connectivity index (χ0n) is 11.6. The smallest absolute Gasteiger partial charge is 0.254 e. The van der Waals surface area contributed by atoms with Gasteiger partial charge in [-0.1, -0.05) is 6.07 Å². The van der Waals surface area contributed by atoms with Crippen LogP contribution in [0.3, 0.4) is 0 Å². The van der Waals surface area contributed by atoms with Crippen LogP contribution in [0.2, 0.25) is 0 Å². The number of aromatic nitrogens is 1. The molecule has 1 saturated heterocycles. The second-order valence-electron chi connectivity index (χ2n) is 5.45. The van der Waals surface area contributed by atoms with Crippen LogP contribution < -0.4 is 0 Å². The van der Waals surface area contributed by atoms with Crippen LogP contribution in [0.5, 0.6) is 0 Å². The third-order valence-corrected chi connectivity index (χ3v) is 5.16. The summed E-state index contributed by atoms with van der Waals surface area (Å²) in [6, 6.07) is 12.3. The standard InChI is InChI=1S/C17H16N2OS/c20-17(13-5-6-14-12(11-13)7-8-18-14)19-9-1-3-15(19)16-4-2-10-21-16/h2,4-8,10-11,15,18H,1,3,9H2. The largest absolute Gasteiger partial charge is 0.361 e. The molecule has 4 heteroatoms. The topological polar surface area (TPSA) is 36.1 Å². The number of amides is 1. The summed E-state index contributed by atoms with van der Waals surface area (Å²) in [5.74, 6) is 0.147. The van der Waals surface area contributed by atoms with Gasteiger partial charge >= 0.3 is 0 Å². The molecule has 1 aromatic carbocycles. The zero-order chi connectivity index (χ0) is 14.2. The van der Waals surface area contributed by atoms with Crippen LogP contribution in [0.25, 0.3) is 10.9 Å². The molecule has 3 heterocycles. The van der Waals surface area contributed by atoms with Crippen LogP contribution in [0.15, 0.2) is 48.0 Å². The molecule has 0 spiro atoms. The number of carbonyl (C=O) groups excluding carboxylic acids is 1. The van der Waals surface area contributed by atoms with Crippen LogP contribution in [0, 0.1) is 0 Å². The third-order valence-electron chi connectivity index (χ3n) is 4.19. The minimum absolute atomic E-state index is 0.147. The van der Waals surface area contributed by atoms with E-state index in [1.54, 1.807) is 11.3 Å². The van der Waals surface area contributed by atoms with Crippen molar-refractivity contribution in [3.63, 3.8) is 0 Å². The number of carbonyl (C=O) groups is 1. The average molecular weight is 296 g/mol. The molecular weight excluding hydrogens is 280 g/mol. The summed E-state index contributed by atoms with van der Waals surface area (Å²) in [7, 11) is 0. The molecule has 0 aliphatic carbocycles. The van der Waals surface area contributed by atoms with E-state index in [-0.39, 0.29) is 11.9 Å². The van der Waals surface area contributed by atoms with Crippen molar-refractivity contribution >= 4 is 28.1 Å². The van der Waals surface area contributed by atoms with E-state index in [1.807, 2.05) is 35.4 Å². The molecule has 1 amide bonds. The first-order chi connectivity index (χ1) is 10.3. The molecule has 1 aliphatic rings. The summed E-state index contributed by atoms with van der Waals surface area (Å²) < 4.78 is 0. The molecule has 3 aromatic rings. The lowest BCUT2D eigenvalue weighted by atomic mass is 10.1. The normalized spacial score (nSPS) is 18.5. The summed E-state index contributed by atoms with van der Waals surface area (Å²) in [6.45, 7) is 0.854. The Kier molecular flexibility index (Phi) is 3.04. The lowest BCUT2D eigenvalue weighted by molar-refractivity contribution is 0.0738. The average Bonchev–Trinajstić information content (AvgIpc) is 3.24. The molecule has 1 atom stereocenters. The Morgan fingerprint density at radius 1 is 1.29 bits per heavy atom. The van der Waals surface area contributed by atoms with E-state index in [2.05, 4.69) is 22.5 Å². The van der Waals surface area contributed by atoms with Crippen LogP contribution in [0.4, 0.5) is 0 Å². The zero-order valence-corrected chi connectivity index (χ0v) is 12.4. The van der Waals surface area contributed by atoms with Gasteiger partial charge in [0.2, 0.25) is 0 Å². The number of benzene rings is 1. The Balaban J connectivity index is 1.66. The lowest BCUT2D eigenvalue weighted by Crippen LogP contribution is -2.30. The van der Waals surface area contributed by atoms with Crippen LogP contribution in [-0.2, 0) is 0 Å². The number of H-pyrrole nitrogens is 1. The van der Waals surface area contributed by atoms with Crippen LogP contribution in [0.1, 0.15) is 34.1 Å². The van der Waals surface area contributed by atoms with E-state index in [1.165, 1.54) is 4.88 Å². The summed E-state index contributed by atoms with van der Waals surface area (Å²) in [4.78, 5) is 19.3. The van der Waals surface area contributed by atoms with Gasteiger partial charge in [-0.15, -0.1) is 11.3 Å². The monoisotopic (exact) mass is 296 g/mol. The van der Waals surface area contributed by atoms with Crippen molar-refractivity contribution in [1.29, 1.82) is 0 Å². The van der Waals surface area contributed by atoms with Crippen molar-refractivity contribution in [3.8, 4) is 0 Å². The van der Waals surface area contributed by atoms with E-state index in [0.29, 0.717) is 0 Å². The Bertz CT molecular complexity index is 775. The Labute approximate surface area is 127 Å². The first-order valence-corrected chi connectivity index (χ1v) is 8.12. The van der Waals surface area contributed by atoms with Gasteiger partial charge in [-0.2, -0.15) is 0 Å². The summed E-state index contributed by atoms with van der Waals surface area (Å²) in [5.41, 5.74) is 1.85. The molecule has 0 radical (unpaired) electrons. The molecule has 106 valence electrons. The minimum Gasteiger partial charge on any atom is -0.361 e. The van der Waals surface area contributed by atoms with Gasteiger partial charge in [0, 0.05) is 34.1 Å². The van der Waals surface area contributed by atoms with Gasteiger partial charge in [-0.05, 0) is 48.6 Å². The Morgan fingerprint density at radius 3 is 3.10 bits per heavy atom. The number of nitrogens with one attached hydrogen (secondary N) is 1. The van der Waals surface area contributed by atoms with E-state index >= 15 is 0 Å². The molecule has 21 heavy (non-hydrogen) atoms. The van der Waals surface area contributed by atoms with Crippen LogP contribution in [-0.4, -0.2) is 22.3 Å². The first-order valence-electron chi connectivity index (χ1n) is 7.24. The molecule has 3 nitrogen and oxygen atoms in total. The van der Waals surface area contributed by atoms with E-state index in [0.717, 1.165) is 35.9 Å². The number of hydrogen-bond donors (Lipinski definition) is 1.